The number of rotatable bonds is 6. The maximum absolute atomic E-state index is 12.5. The Kier molecular flexibility index (Phi) is 6.03. The topological polar surface area (TPSA) is 63.4 Å². The third-order valence-corrected chi connectivity index (χ3v) is 5.01. The van der Waals surface area contributed by atoms with E-state index in [1.807, 2.05) is 0 Å². The minimum Gasteiger partial charge on any atom is -0.326 e. The van der Waals surface area contributed by atoms with Crippen LogP contribution in [-0.4, -0.2) is 32.0 Å². The summed E-state index contributed by atoms with van der Waals surface area (Å²) in [7, 11) is -4.31. The van der Waals surface area contributed by atoms with Gasteiger partial charge in [-0.3, -0.25) is 0 Å². The Morgan fingerprint density at radius 2 is 1.95 bits per heavy atom. The van der Waals surface area contributed by atoms with Crippen LogP contribution in [0.5, 0.6) is 0 Å². The van der Waals surface area contributed by atoms with Crippen molar-refractivity contribution in [3.63, 3.8) is 0 Å². The molecule has 0 amide bonds. The van der Waals surface area contributed by atoms with Crippen LogP contribution >= 0.6 is 11.6 Å². The van der Waals surface area contributed by atoms with Gasteiger partial charge < -0.3 is 5.73 Å². The van der Waals surface area contributed by atoms with Crippen molar-refractivity contribution in [3.05, 3.63) is 28.8 Å². The predicted octanol–water partition coefficient (Wildman–Crippen LogP) is 2.76. The van der Waals surface area contributed by atoms with Crippen LogP contribution in [0.15, 0.2) is 23.1 Å². The Labute approximate surface area is 126 Å². The van der Waals surface area contributed by atoms with Crippen molar-refractivity contribution in [1.82, 2.24) is 4.31 Å². The van der Waals surface area contributed by atoms with Crippen LogP contribution < -0.4 is 5.73 Å². The molecule has 120 valence electrons. The van der Waals surface area contributed by atoms with Crippen LogP contribution in [0.2, 0.25) is 5.02 Å². The number of sulfonamides is 1. The van der Waals surface area contributed by atoms with Crippen molar-refractivity contribution in [3.8, 4) is 0 Å². The van der Waals surface area contributed by atoms with Crippen LogP contribution in [0.4, 0.5) is 13.2 Å². The molecule has 4 nitrogen and oxygen atoms in total. The van der Waals surface area contributed by atoms with E-state index in [9.17, 15) is 21.6 Å². The Morgan fingerprint density at radius 3 is 2.38 bits per heavy atom. The number of benzene rings is 1. The number of hydrogen-bond acceptors (Lipinski definition) is 3. The molecule has 0 atom stereocenters. The van der Waals surface area contributed by atoms with E-state index in [2.05, 4.69) is 0 Å². The Hall–Kier alpha value is -0.830. The largest absolute Gasteiger partial charge is 0.402 e. The van der Waals surface area contributed by atoms with Crippen molar-refractivity contribution in [1.29, 1.82) is 0 Å². The molecule has 21 heavy (non-hydrogen) atoms. The molecular formula is C12H16ClF3N2O2S. The highest BCUT2D eigenvalue weighted by atomic mass is 35.5. The molecule has 0 bridgehead atoms. The van der Waals surface area contributed by atoms with E-state index in [4.69, 9.17) is 17.3 Å². The predicted molar refractivity (Wildman–Crippen MR) is 74.4 cm³/mol. The molecule has 0 saturated carbocycles. The molecule has 0 aliphatic rings. The lowest BCUT2D eigenvalue weighted by atomic mass is 10.2. The van der Waals surface area contributed by atoms with Gasteiger partial charge in [0.1, 0.15) is 11.4 Å². The zero-order chi connectivity index (χ0) is 16.3. The second kappa shape index (κ2) is 6.95. The van der Waals surface area contributed by atoms with E-state index in [1.54, 1.807) is 6.92 Å². The van der Waals surface area contributed by atoms with E-state index >= 15 is 0 Å². The van der Waals surface area contributed by atoms with Gasteiger partial charge in [0.2, 0.25) is 10.0 Å². The van der Waals surface area contributed by atoms with Gasteiger partial charge in [0, 0.05) is 13.1 Å². The molecule has 0 spiro atoms. The molecule has 1 aromatic rings. The second-order valence-corrected chi connectivity index (χ2v) is 6.74. The van der Waals surface area contributed by atoms with Gasteiger partial charge in [-0.15, -0.1) is 0 Å². The van der Waals surface area contributed by atoms with Gasteiger partial charge >= 0.3 is 6.18 Å². The molecule has 0 saturated heterocycles. The summed E-state index contributed by atoms with van der Waals surface area (Å²) in [6.07, 6.45) is -4.36. The Bertz CT molecular complexity index is 591. The molecule has 0 aliphatic heterocycles. The fraction of sp³-hybridized carbons (Fsp3) is 0.500. The molecule has 9 heteroatoms. The quantitative estimate of drug-likeness (QED) is 0.863. The normalized spacial score (nSPS) is 12.9. The van der Waals surface area contributed by atoms with Crippen molar-refractivity contribution in [2.75, 3.05) is 13.1 Å². The first-order chi connectivity index (χ1) is 9.61. The molecule has 2 N–H and O–H groups in total. The van der Waals surface area contributed by atoms with Crippen molar-refractivity contribution in [2.24, 2.45) is 5.73 Å². The van der Waals surface area contributed by atoms with Gasteiger partial charge in [0.25, 0.3) is 0 Å². The average Bonchev–Trinajstić information content (AvgIpc) is 2.36. The van der Waals surface area contributed by atoms with Gasteiger partial charge in [0.15, 0.2) is 0 Å². The lowest BCUT2D eigenvalue weighted by Crippen LogP contribution is -2.39. The van der Waals surface area contributed by atoms with Crippen LogP contribution in [-0.2, 0) is 16.6 Å². The van der Waals surface area contributed by atoms with Gasteiger partial charge in [-0.05, 0) is 24.1 Å². The summed E-state index contributed by atoms with van der Waals surface area (Å²) in [5, 5.41) is -0.138. The first-order valence-corrected chi connectivity index (χ1v) is 7.99. The zero-order valence-corrected chi connectivity index (χ0v) is 12.9. The van der Waals surface area contributed by atoms with Gasteiger partial charge in [-0.1, -0.05) is 24.6 Å². The van der Waals surface area contributed by atoms with Crippen LogP contribution in [0.1, 0.15) is 18.9 Å². The van der Waals surface area contributed by atoms with E-state index < -0.39 is 22.7 Å². The highest BCUT2D eigenvalue weighted by molar-refractivity contribution is 7.89. The summed E-state index contributed by atoms with van der Waals surface area (Å²) < 4.78 is 62.7. The van der Waals surface area contributed by atoms with Crippen molar-refractivity contribution >= 4 is 21.6 Å². The Morgan fingerprint density at radius 1 is 1.33 bits per heavy atom. The number of nitrogens with zero attached hydrogens (tertiary/aromatic N) is 1. The van der Waals surface area contributed by atoms with Gasteiger partial charge in [-0.2, -0.15) is 17.5 Å². The summed E-state index contributed by atoms with van der Waals surface area (Å²) in [4.78, 5) is -0.348. The van der Waals surface area contributed by atoms with Crippen molar-refractivity contribution in [2.45, 2.75) is 31.0 Å². The number of nitrogens with two attached hydrogens (primary N) is 1. The molecule has 1 rings (SSSR count). The highest BCUT2D eigenvalue weighted by Crippen LogP contribution is 2.28. The van der Waals surface area contributed by atoms with Gasteiger partial charge in [-0.25, -0.2) is 8.42 Å². The number of alkyl halides is 3. The first-order valence-electron chi connectivity index (χ1n) is 6.17. The van der Waals surface area contributed by atoms with E-state index in [-0.39, 0.29) is 29.4 Å². The number of halogens is 4. The molecule has 0 unspecified atom stereocenters. The molecule has 0 heterocycles. The fourth-order valence-electron chi connectivity index (χ4n) is 1.75. The molecular weight excluding hydrogens is 329 g/mol. The highest BCUT2D eigenvalue weighted by Gasteiger charge is 2.37. The van der Waals surface area contributed by atoms with Crippen LogP contribution in [0, 0.1) is 0 Å². The summed E-state index contributed by atoms with van der Waals surface area (Å²) in [5.41, 5.74) is 6.00. The lowest BCUT2D eigenvalue weighted by Gasteiger charge is -2.23. The monoisotopic (exact) mass is 344 g/mol. The molecule has 1 aromatic carbocycles. The third kappa shape index (κ3) is 4.84. The third-order valence-electron chi connectivity index (χ3n) is 2.68. The Balaban J connectivity index is 3.22. The SMILES string of the molecule is CCCN(CC(F)(F)F)S(=O)(=O)c1ccc(CN)cc1Cl. The maximum atomic E-state index is 12.5. The van der Waals surface area contributed by atoms with E-state index in [0.29, 0.717) is 9.87 Å². The first kappa shape index (κ1) is 18.2. The van der Waals surface area contributed by atoms with Gasteiger partial charge in [0.05, 0.1) is 5.02 Å². The minimum absolute atomic E-state index is 0.138. The zero-order valence-electron chi connectivity index (χ0n) is 11.3. The average molecular weight is 345 g/mol. The summed E-state index contributed by atoms with van der Waals surface area (Å²) in [6.45, 7) is -0.0335. The van der Waals surface area contributed by atoms with E-state index in [0.717, 1.165) is 0 Å². The van der Waals surface area contributed by atoms with E-state index in [1.165, 1.54) is 18.2 Å². The summed E-state index contributed by atoms with van der Waals surface area (Å²) in [5.74, 6) is 0. The van der Waals surface area contributed by atoms with Crippen LogP contribution in [0.25, 0.3) is 0 Å². The van der Waals surface area contributed by atoms with Crippen LogP contribution in [0.3, 0.4) is 0 Å². The lowest BCUT2D eigenvalue weighted by molar-refractivity contribution is -0.136. The number of hydrogen-bond donors (Lipinski definition) is 1. The van der Waals surface area contributed by atoms with Crippen molar-refractivity contribution < 1.29 is 21.6 Å². The summed E-state index contributed by atoms with van der Waals surface area (Å²) >= 11 is 5.87. The molecule has 0 radical (unpaired) electrons. The minimum atomic E-state index is -4.62. The molecule has 0 aromatic heterocycles. The standard InChI is InChI=1S/C12H16ClF3N2O2S/c1-2-5-18(8-12(14,15)16)21(19,20)11-4-3-9(7-17)6-10(11)13/h3-4,6H,2,5,7-8,17H2,1H3. The smallest absolute Gasteiger partial charge is 0.326 e. The molecule has 0 aliphatic carbocycles. The summed E-state index contributed by atoms with van der Waals surface area (Å²) in [6, 6.07) is 3.95. The second-order valence-electron chi connectivity index (χ2n) is 4.42. The fourth-order valence-corrected chi connectivity index (χ4v) is 3.81. The molecule has 0 fully saturated rings. The maximum Gasteiger partial charge on any atom is 0.402 e.